The van der Waals surface area contributed by atoms with Crippen molar-refractivity contribution in [3.8, 4) is 0 Å². The van der Waals surface area contributed by atoms with Crippen LogP contribution in [-0.2, 0) is 0 Å². The van der Waals surface area contributed by atoms with Gasteiger partial charge in [-0.2, -0.15) is 0 Å². The van der Waals surface area contributed by atoms with Crippen LogP contribution in [0.3, 0.4) is 0 Å². The van der Waals surface area contributed by atoms with Crippen LogP contribution in [0.15, 0.2) is 0 Å². The molecule has 0 aromatic heterocycles. The van der Waals surface area contributed by atoms with Gasteiger partial charge in [-0.05, 0) is 13.5 Å². The summed E-state index contributed by atoms with van der Waals surface area (Å²) < 4.78 is 0. The molecule has 1 heterocycles. The maximum Gasteiger partial charge on any atom is 0.329 e. The molecule has 5 nitrogen and oxygen atoms in total. The Kier molecular flexibility index (Phi) is 4.69. The minimum Gasteiger partial charge on any atom is -0.337 e. The monoisotopic (exact) mass is 200 g/mol. The van der Waals surface area contributed by atoms with Gasteiger partial charge in [-0.25, -0.2) is 9.80 Å². The van der Waals surface area contributed by atoms with Gasteiger partial charge in [0, 0.05) is 32.7 Å². The third-order valence-electron chi connectivity index (χ3n) is 2.30. The Hall–Kier alpha value is -0.810. The van der Waals surface area contributed by atoms with Crippen molar-refractivity contribution in [2.24, 2.45) is 0 Å². The van der Waals surface area contributed by atoms with Gasteiger partial charge in [0.05, 0.1) is 0 Å². The Bertz CT molecular complexity index is 178. The summed E-state index contributed by atoms with van der Waals surface area (Å²) in [4.78, 5) is 13.5. The van der Waals surface area contributed by atoms with Crippen LogP contribution in [0.2, 0.25) is 0 Å². The normalized spacial score (nSPS) is 19.3. The lowest BCUT2D eigenvalue weighted by Crippen LogP contribution is -2.54. The molecule has 0 bridgehead atoms. The van der Waals surface area contributed by atoms with E-state index in [0.717, 1.165) is 39.1 Å². The number of carbonyl (C=O) groups is 1. The molecule has 1 rings (SSSR count). The molecule has 14 heavy (non-hydrogen) atoms. The number of rotatable bonds is 3. The summed E-state index contributed by atoms with van der Waals surface area (Å²) in [6.45, 7) is 6.59. The Balaban J connectivity index is 2.14. The van der Waals surface area contributed by atoms with Crippen LogP contribution in [0.1, 0.15) is 13.3 Å². The maximum absolute atomic E-state index is 11.3. The molecule has 0 spiro atoms. The highest BCUT2D eigenvalue weighted by molar-refractivity contribution is 5.73. The first-order valence-corrected chi connectivity index (χ1v) is 5.20. The van der Waals surface area contributed by atoms with E-state index in [1.54, 1.807) is 0 Å². The summed E-state index contributed by atoms with van der Waals surface area (Å²) in [5, 5.41) is 4.75. The van der Waals surface area contributed by atoms with Crippen LogP contribution in [0.25, 0.3) is 0 Å². The molecule has 0 unspecified atom stereocenters. The van der Waals surface area contributed by atoms with Gasteiger partial charge in [-0.15, -0.1) is 0 Å². The van der Waals surface area contributed by atoms with Crippen LogP contribution < -0.4 is 10.7 Å². The Morgan fingerprint density at radius 1 is 1.29 bits per heavy atom. The fraction of sp³-hybridized carbons (Fsp3) is 0.889. The van der Waals surface area contributed by atoms with Crippen molar-refractivity contribution in [3.63, 3.8) is 0 Å². The zero-order chi connectivity index (χ0) is 10.4. The van der Waals surface area contributed by atoms with Crippen molar-refractivity contribution in [2.45, 2.75) is 13.3 Å². The van der Waals surface area contributed by atoms with Crippen LogP contribution in [-0.4, -0.2) is 55.7 Å². The third-order valence-corrected chi connectivity index (χ3v) is 2.30. The first kappa shape index (κ1) is 11.3. The smallest absolute Gasteiger partial charge is 0.329 e. The molecule has 0 aliphatic carbocycles. The standard InChI is InChI=1S/C9H20N4O/c1-3-4-10-9(14)11-13-7-5-12(2)6-8-13/h3-8H2,1-2H3,(H2,10,11,14). The van der Waals surface area contributed by atoms with Crippen LogP contribution in [0, 0.1) is 0 Å². The number of urea groups is 1. The molecule has 2 amide bonds. The molecule has 82 valence electrons. The number of hydrogen-bond donors (Lipinski definition) is 2. The Morgan fingerprint density at radius 3 is 2.50 bits per heavy atom. The molecule has 0 aromatic rings. The quantitative estimate of drug-likeness (QED) is 0.666. The summed E-state index contributed by atoms with van der Waals surface area (Å²) in [5.41, 5.74) is 2.83. The first-order chi connectivity index (χ1) is 6.72. The zero-order valence-corrected chi connectivity index (χ0v) is 9.05. The number of amides is 2. The predicted molar refractivity (Wildman–Crippen MR) is 55.9 cm³/mol. The molecule has 2 N–H and O–H groups in total. The highest BCUT2D eigenvalue weighted by Gasteiger charge is 2.14. The minimum atomic E-state index is -0.0867. The average Bonchev–Trinajstić information content (AvgIpc) is 2.18. The molecule has 1 fully saturated rings. The Morgan fingerprint density at radius 2 is 1.93 bits per heavy atom. The maximum atomic E-state index is 11.3. The van der Waals surface area contributed by atoms with Crippen molar-refractivity contribution in [3.05, 3.63) is 0 Å². The summed E-state index contributed by atoms with van der Waals surface area (Å²) in [6, 6.07) is -0.0867. The summed E-state index contributed by atoms with van der Waals surface area (Å²) in [5.74, 6) is 0. The summed E-state index contributed by atoms with van der Waals surface area (Å²) in [6.07, 6.45) is 0.968. The number of nitrogens with one attached hydrogen (secondary N) is 2. The zero-order valence-electron chi connectivity index (χ0n) is 9.05. The number of nitrogens with zero attached hydrogens (tertiary/aromatic N) is 2. The van der Waals surface area contributed by atoms with Gasteiger partial charge < -0.3 is 10.2 Å². The van der Waals surface area contributed by atoms with Crippen molar-refractivity contribution in [2.75, 3.05) is 39.8 Å². The number of likely N-dealkylation sites (N-methyl/N-ethyl adjacent to an activating group) is 1. The average molecular weight is 200 g/mol. The van der Waals surface area contributed by atoms with Crippen molar-refractivity contribution in [1.82, 2.24) is 20.7 Å². The third kappa shape index (κ3) is 3.93. The lowest BCUT2D eigenvalue weighted by atomic mass is 10.4. The van der Waals surface area contributed by atoms with E-state index in [0.29, 0.717) is 0 Å². The second-order valence-corrected chi connectivity index (χ2v) is 3.66. The SMILES string of the molecule is CCCNC(=O)NN1CCN(C)CC1. The van der Waals surface area contributed by atoms with E-state index in [1.165, 1.54) is 0 Å². The predicted octanol–water partition coefficient (Wildman–Crippen LogP) is -0.142. The first-order valence-electron chi connectivity index (χ1n) is 5.20. The van der Waals surface area contributed by atoms with Gasteiger partial charge in [-0.3, -0.25) is 5.43 Å². The molecule has 1 aliphatic heterocycles. The Labute approximate surface area is 85.4 Å². The number of piperazine rings is 1. The molecule has 5 heteroatoms. The summed E-state index contributed by atoms with van der Waals surface area (Å²) in [7, 11) is 2.09. The molecule has 1 saturated heterocycles. The van der Waals surface area contributed by atoms with Gasteiger partial charge in [0.2, 0.25) is 0 Å². The molecule has 1 aliphatic rings. The molecular formula is C9H20N4O. The van der Waals surface area contributed by atoms with Crippen LogP contribution in [0.5, 0.6) is 0 Å². The van der Waals surface area contributed by atoms with Crippen molar-refractivity contribution >= 4 is 6.03 Å². The second-order valence-electron chi connectivity index (χ2n) is 3.66. The molecule has 0 aromatic carbocycles. The van der Waals surface area contributed by atoms with E-state index in [4.69, 9.17) is 0 Å². The summed E-state index contributed by atoms with van der Waals surface area (Å²) >= 11 is 0. The van der Waals surface area contributed by atoms with E-state index >= 15 is 0 Å². The molecule has 0 radical (unpaired) electrons. The lowest BCUT2D eigenvalue weighted by Gasteiger charge is -2.32. The van der Waals surface area contributed by atoms with Crippen molar-refractivity contribution < 1.29 is 4.79 Å². The number of hydrogen-bond acceptors (Lipinski definition) is 3. The number of carbonyl (C=O) groups excluding carboxylic acids is 1. The highest BCUT2D eigenvalue weighted by Crippen LogP contribution is 1.94. The van der Waals surface area contributed by atoms with Gasteiger partial charge in [-0.1, -0.05) is 6.92 Å². The van der Waals surface area contributed by atoms with Crippen molar-refractivity contribution in [1.29, 1.82) is 0 Å². The van der Waals surface area contributed by atoms with E-state index in [9.17, 15) is 4.79 Å². The largest absolute Gasteiger partial charge is 0.337 e. The second kappa shape index (κ2) is 5.82. The fourth-order valence-electron chi connectivity index (χ4n) is 1.34. The number of hydrazine groups is 1. The van der Waals surface area contributed by atoms with E-state index < -0.39 is 0 Å². The topological polar surface area (TPSA) is 47.6 Å². The van der Waals surface area contributed by atoms with Gasteiger partial charge in [0.15, 0.2) is 0 Å². The highest BCUT2D eigenvalue weighted by atomic mass is 16.2. The van der Waals surface area contributed by atoms with Crippen LogP contribution >= 0.6 is 0 Å². The van der Waals surface area contributed by atoms with Gasteiger partial charge in [0.1, 0.15) is 0 Å². The van der Waals surface area contributed by atoms with Gasteiger partial charge in [0.25, 0.3) is 0 Å². The minimum absolute atomic E-state index is 0.0867. The van der Waals surface area contributed by atoms with E-state index in [-0.39, 0.29) is 6.03 Å². The van der Waals surface area contributed by atoms with E-state index in [1.807, 2.05) is 11.9 Å². The fourth-order valence-corrected chi connectivity index (χ4v) is 1.34. The molecule has 0 atom stereocenters. The lowest BCUT2D eigenvalue weighted by molar-refractivity contribution is 0.112. The van der Waals surface area contributed by atoms with Crippen LogP contribution in [0.4, 0.5) is 4.79 Å². The molecule has 0 saturated carbocycles. The van der Waals surface area contributed by atoms with E-state index in [2.05, 4.69) is 22.7 Å². The van der Waals surface area contributed by atoms with Gasteiger partial charge >= 0.3 is 6.03 Å². The molecular weight excluding hydrogens is 180 g/mol.